The van der Waals surface area contributed by atoms with Crippen LogP contribution in [-0.4, -0.2) is 16.4 Å². The van der Waals surface area contributed by atoms with Crippen molar-refractivity contribution in [1.82, 2.24) is 4.98 Å². The van der Waals surface area contributed by atoms with Gasteiger partial charge in [0.25, 0.3) is 0 Å². The average Bonchev–Trinajstić information content (AvgIpc) is 2.25. The third-order valence-electron chi connectivity index (χ3n) is 3.04. The van der Waals surface area contributed by atoms with Crippen LogP contribution in [0.2, 0.25) is 0 Å². The molecular formula is C12H17ClN2. The molecule has 1 N–H and O–H groups in total. The summed E-state index contributed by atoms with van der Waals surface area (Å²) >= 11 is 6.08. The Bertz CT molecular complexity index is 319. The molecule has 0 aliphatic heterocycles. The zero-order valence-electron chi connectivity index (χ0n) is 9.04. The second-order valence-electron chi connectivity index (χ2n) is 4.28. The van der Waals surface area contributed by atoms with Gasteiger partial charge < -0.3 is 5.32 Å². The van der Waals surface area contributed by atoms with Gasteiger partial charge in [0.05, 0.1) is 0 Å². The van der Waals surface area contributed by atoms with Crippen LogP contribution in [0.4, 0.5) is 5.69 Å². The minimum atomic E-state index is 0.390. The van der Waals surface area contributed by atoms with Crippen LogP contribution in [0.15, 0.2) is 18.5 Å². The Kier molecular flexibility index (Phi) is 3.47. The molecule has 0 bridgehead atoms. The van der Waals surface area contributed by atoms with Gasteiger partial charge in [-0.3, -0.25) is 4.98 Å². The van der Waals surface area contributed by atoms with Gasteiger partial charge >= 0.3 is 0 Å². The Hall–Kier alpha value is -0.760. The van der Waals surface area contributed by atoms with Gasteiger partial charge in [0.1, 0.15) is 0 Å². The summed E-state index contributed by atoms with van der Waals surface area (Å²) in [5.41, 5.74) is 2.42. The van der Waals surface area contributed by atoms with Crippen molar-refractivity contribution in [2.45, 2.75) is 44.0 Å². The number of pyridine rings is 1. The third kappa shape index (κ3) is 2.85. The molecule has 3 heteroatoms. The number of hydrogen-bond donors (Lipinski definition) is 1. The van der Waals surface area contributed by atoms with Crippen molar-refractivity contribution in [3.05, 3.63) is 24.0 Å². The smallest absolute Gasteiger partial charge is 0.0402 e. The van der Waals surface area contributed by atoms with Crippen molar-refractivity contribution in [3.8, 4) is 0 Å². The van der Waals surface area contributed by atoms with Gasteiger partial charge in [-0.15, -0.1) is 11.6 Å². The SMILES string of the molecule is Cc1cnccc1NC1CCC(Cl)CC1. The molecule has 1 aromatic heterocycles. The first kappa shape index (κ1) is 10.7. The monoisotopic (exact) mass is 224 g/mol. The highest BCUT2D eigenvalue weighted by atomic mass is 35.5. The lowest BCUT2D eigenvalue weighted by Gasteiger charge is -2.27. The lowest BCUT2D eigenvalue weighted by molar-refractivity contribution is 0.468. The molecule has 0 saturated heterocycles. The van der Waals surface area contributed by atoms with Crippen LogP contribution >= 0.6 is 11.6 Å². The molecule has 0 radical (unpaired) electrons. The van der Waals surface area contributed by atoms with Gasteiger partial charge in [-0.1, -0.05) is 0 Å². The molecule has 2 nitrogen and oxygen atoms in total. The van der Waals surface area contributed by atoms with Crippen LogP contribution in [-0.2, 0) is 0 Å². The number of halogens is 1. The molecule has 0 aromatic carbocycles. The van der Waals surface area contributed by atoms with Gasteiger partial charge in [0.2, 0.25) is 0 Å². The highest BCUT2D eigenvalue weighted by Gasteiger charge is 2.19. The van der Waals surface area contributed by atoms with E-state index in [9.17, 15) is 0 Å². The Morgan fingerprint density at radius 1 is 1.33 bits per heavy atom. The van der Waals surface area contributed by atoms with Crippen LogP contribution in [0.3, 0.4) is 0 Å². The molecule has 1 heterocycles. The standard InChI is InChI=1S/C12H17ClN2/c1-9-8-14-7-6-12(9)15-11-4-2-10(13)3-5-11/h6-8,10-11H,2-5H2,1H3,(H,14,15). The van der Waals surface area contributed by atoms with Crippen molar-refractivity contribution in [2.24, 2.45) is 0 Å². The predicted octanol–water partition coefficient (Wildman–Crippen LogP) is 3.35. The summed E-state index contributed by atoms with van der Waals surface area (Å²) in [5.74, 6) is 0. The van der Waals surface area contributed by atoms with E-state index in [1.54, 1.807) is 0 Å². The van der Waals surface area contributed by atoms with Gasteiger partial charge in [-0.05, 0) is 44.2 Å². The van der Waals surface area contributed by atoms with Crippen molar-refractivity contribution in [3.63, 3.8) is 0 Å². The van der Waals surface area contributed by atoms with Gasteiger partial charge in [0, 0.05) is 29.5 Å². The number of alkyl halides is 1. The molecule has 2 rings (SSSR count). The largest absolute Gasteiger partial charge is 0.382 e. The fourth-order valence-corrected chi connectivity index (χ4v) is 2.30. The van der Waals surface area contributed by atoms with Crippen LogP contribution in [0.5, 0.6) is 0 Å². The average molecular weight is 225 g/mol. The molecule has 1 aliphatic carbocycles. The van der Waals surface area contributed by atoms with Crippen LogP contribution in [0, 0.1) is 6.92 Å². The van der Waals surface area contributed by atoms with E-state index in [-0.39, 0.29) is 0 Å². The molecule has 1 saturated carbocycles. The summed E-state index contributed by atoms with van der Waals surface area (Å²) in [5, 5.41) is 3.96. The van der Waals surface area contributed by atoms with E-state index >= 15 is 0 Å². The summed E-state index contributed by atoms with van der Waals surface area (Å²) in [6, 6.07) is 2.63. The topological polar surface area (TPSA) is 24.9 Å². The summed E-state index contributed by atoms with van der Waals surface area (Å²) in [6.07, 6.45) is 8.34. The first-order valence-corrected chi connectivity index (χ1v) is 6.00. The molecule has 15 heavy (non-hydrogen) atoms. The Balaban J connectivity index is 1.95. The molecule has 0 spiro atoms. The minimum Gasteiger partial charge on any atom is -0.382 e. The van der Waals surface area contributed by atoms with E-state index in [0.29, 0.717) is 11.4 Å². The fourth-order valence-electron chi connectivity index (χ4n) is 2.05. The first-order chi connectivity index (χ1) is 7.25. The second-order valence-corrected chi connectivity index (χ2v) is 4.90. The number of hydrogen-bond acceptors (Lipinski definition) is 2. The lowest BCUT2D eigenvalue weighted by Crippen LogP contribution is -2.26. The molecule has 0 atom stereocenters. The second kappa shape index (κ2) is 4.84. The number of aryl methyl sites for hydroxylation is 1. The van der Waals surface area contributed by atoms with Crippen molar-refractivity contribution >= 4 is 17.3 Å². The van der Waals surface area contributed by atoms with Crippen molar-refractivity contribution < 1.29 is 0 Å². The Morgan fingerprint density at radius 3 is 2.73 bits per heavy atom. The third-order valence-corrected chi connectivity index (χ3v) is 3.47. The Morgan fingerprint density at radius 2 is 2.07 bits per heavy atom. The summed E-state index contributed by atoms with van der Waals surface area (Å²) in [4.78, 5) is 4.09. The maximum atomic E-state index is 6.08. The quantitative estimate of drug-likeness (QED) is 0.780. The predicted molar refractivity (Wildman–Crippen MR) is 64.5 cm³/mol. The number of anilines is 1. The van der Waals surface area contributed by atoms with Gasteiger partial charge in [-0.25, -0.2) is 0 Å². The van der Waals surface area contributed by atoms with E-state index in [0.717, 1.165) is 12.8 Å². The fraction of sp³-hybridized carbons (Fsp3) is 0.583. The Labute approximate surface area is 96.1 Å². The zero-order valence-corrected chi connectivity index (χ0v) is 9.80. The first-order valence-electron chi connectivity index (χ1n) is 5.57. The van der Waals surface area contributed by atoms with Crippen LogP contribution in [0.25, 0.3) is 0 Å². The number of aromatic nitrogens is 1. The lowest BCUT2D eigenvalue weighted by atomic mass is 9.95. The maximum absolute atomic E-state index is 6.08. The van der Waals surface area contributed by atoms with E-state index in [1.807, 2.05) is 18.5 Å². The normalized spacial score (nSPS) is 26.3. The van der Waals surface area contributed by atoms with Gasteiger partial charge in [-0.2, -0.15) is 0 Å². The van der Waals surface area contributed by atoms with Crippen LogP contribution < -0.4 is 5.32 Å². The number of rotatable bonds is 2. The molecule has 1 aliphatic rings. The van der Waals surface area contributed by atoms with E-state index in [4.69, 9.17) is 11.6 Å². The molecule has 82 valence electrons. The van der Waals surface area contributed by atoms with Gasteiger partial charge in [0.15, 0.2) is 0 Å². The molecular weight excluding hydrogens is 208 g/mol. The van der Waals surface area contributed by atoms with E-state index in [2.05, 4.69) is 17.2 Å². The highest BCUT2D eigenvalue weighted by molar-refractivity contribution is 6.20. The molecule has 1 aromatic rings. The number of nitrogens with zero attached hydrogens (tertiary/aromatic N) is 1. The maximum Gasteiger partial charge on any atom is 0.0402 e. The summed E-state index contributed by atoms with van der Waals surface area (Å²) in [7, 11) is 0. The summed E-state index contributed by atoms with van der Waals surface area (Å²) < 4.78 is 0. The van der Waals surface area contributed by atoms with Crippen molar-refractivity contribution in [1.29, 1.82) is 0 Å². The van der Waals surface area contributed by atoms with Crippen molar-refractivity contribution in [2.75, 3.05) is 5.32 Å². The van der Waals surface area contributed by atoms with Crippen LogP contribution in [0.1, 0.15) is 31.2 Å². The van der Waals surface area contributed by atoms with E-state index in [1.165, 1.54) is 24.1 Å². The molecule has 1 fully saturated rings. The number of nitrogens with one attached hydrogen (secondary N) is 1. The minimum absolute atomic E-state index is 0.390. The molecule has 0 unspecified atom stereocenters. The molecule has 0 amide bonds. The zero-order chi connectivity index (χ0) is 10.7. The summed E-state index contributed by atoms with van der Waals surface area (Å²) in [6.45, 7) is 2.09. The van der Waals surface area contributed by atoms with E-state index < -0.39 is 0 Å². The highest BCUT2D eigenvalue weighted by Crippen LogP contribution is 2.26.